The molecule has 0 bridgehead atoms. The number of nitrogens with zero attached hydrogens (tertiary/aromatic N) is 1. The van der Waals surface area contributed by atoms with Gasteiger partial charge in [0.2, 0.25) is 0 Å². The summed E-state index contributed by atoms with van der Waals surface area (Å²) in [5.74, 6) is 0.653. The van der Waals surface area contributed by atoms with Crippen LogP contribution in [0.2, 0.25) is 0 Å². The van der Waals surface area contributed by atoms with E-state index in [0.29, 0.717) is 6.61 Å². The number of rotatable bonds is 8. The number of hydrogen-bond acceptors (Lipinski definition) is 6. The summed E-state index contributed by atoms with van der Waals surface area (Å²) < 4.78 is 6.14. The van der Waals surface area contributed by atoms with Crippen molar-refractivity contribution < 1.29 is 14.9 Å². The van der Waals surface area contributed by atoms with Gasteiger partial charge in [0.15, 0.2) is 0 Å². The Hall–Kier alpha value is -1.47. The van der Waals surface area contributed by atoms with E-state index in [9.17, 15) is 10.2 Å². The molecule has 0 fully saturated rings. The van der Waals surface area contributed by atoms with Gasteiger partial charge in [-0.25, -0.2) is 0 Å². The summed E-state index contributed by atoms with van der Waals surface area (Å²) in [6.07, 6.45) is -0.674. The third-order valence-electron chi connectivity index (χ3n) is 4.93. The van der Waals surface area contributed by atoms with Crippen molar-refractivity contribution in [1.82, 2.24) is 10.6 Å². The van der Waals surface area contributed by atoms with Crippen molar-refractivity contribution in [3.63, 3.8) is 0 Å². The quantitative estimate of drug-likeness (QED) is 0.533. The molecule has 6 nitrogen and oxygen atoms in total. The Kier molecular flexibility index (Phi) is 6.80. The Morgan fingerprint density at radius 1 is 1.31 bits per heavy atom. The highest BCUT2D eigenvalue weighted by atomic mass is 16.5. The fraction of sp³-hybridized carbons (Fsp3) is 0.650. The number of aliphatic imine (C=N–C) groups is 1. The van der Waals surface area contributed by atoms with Gasteiger partial charge in [0.25, 0.3) is 0 Å². The third kappa shape index (κ3) is 4.43. The van der Waals surface area contributed by atoms with Crippen molar-refractivity contribution in [3.05, 3.63) is 23.8 Å². The van der Waals surface area contributed by atoms with E-state index in [4.69, 9.17) is 4.74 Å². The second-order valence-electron chi connectivity index (χ2n) is 8.00. The first kappa shape index (κ1) is 20.8. The highest BCUT2D eigenvalue weighted by Gasteiger charge is 2.34. The number of fused-ring (bicyclic) bond motifs is 1. The second kappa shape index (κ2) is 8.48. The van der Waals surface area contributed by atoms with E-state index >= 15 is 0 Å². The number of aliphatic hydroxyl groups excluding tert-OH is 2. The van der Waals surface area contributed by atoms with Crippen LogP contribution in [0.25, 0.3) is 0 Å². The third-order valence-corrected chi connectivity index (χ3v) is 4.93. The lowest BCUT2D eigenvalue weighted by Crippen LogP contribution is -2.47. The van der Waals surface area contributed by atoms with Crippen LogP contribution >= 0.6 is 0 Å². The normalized spacial score (nSPS) is 21.3. The molecule has 2 rings (SSSR count). The fourth-order valence-corrected chi connectivity index (χ4v) is 3.25. The average molecular weight is 364 g/mol. The summed E-state index contributed by atoms with van der Waals surface area (Å²) in [5, 5.41) is 26.6. The zero-order chi connectivity index (χ0) is 19.5. The van der Waals surface area contributed by atoms with Gasteiger partial charge >= 0.3 is 0 Å². The number of aliphatic hydroxyl groups is 2. The maximum Gasteiger partial charge on any atom is 0.126 e. The Labute approximate surface area is 156 Å². The van der Waals surface area contributed by atoms with Crippen molar-refractivity contribution in [2.24, 2.45) is 16.3 Å². The van der Waals surface area contributed by atoms with Crippen molar-refractivity contribution in [3.8, 4) is 5.75 Å². The van der Waals surface area contributed by atoms with E-state index in [-0.39, 0.29) is 24.6 Å². The first-order valence-corrected chi connectivity index (χ1v) is 9.24. The lowest BCUT2D eigenvalue weighted by molar-refractivity contribution is -0.0127. The number of benzene rings is 1. The first-order valence-electron chi connectivity index (χ1n) is 9.24. The highest BCUT2D eigenvalue weighted by molar-refractivity contribution is 5.90. The van der Waals surface area contributed by atoms with Gasteiger partial charge < -0.3 is 20.3 Å². The summed E-state index contributed by atoms with van der Waals surface area (Å²) in [6.45, 7) is 10.3. The number of hydrogen-bond donors (Lipinski definition) is 4. The average Bonchev–Trinajstić information content (AvgIpc) is 2.57. The Bertz CT molecular complexity index is 643. The Morgan fingerprint density at radius 2 is 2.00 bits per heavy atom. The molecule has 1 heterocycles. The lowest BCUT2D eigenvalue weighted by atomic mass is 9.86. The summed E-state index contributed by atoms with van der Waals surface area (Å²) in [6, 6.07) is 5.93. The predicted octanol–water partition coefficient (Wildman–Crippen LogP) is 2.38. The molecule has 146 valence electrons. The van der Waals surface area contributed by atoms with Crippen LogP contribution in [0, 0.1) is 11.3 Å². The molecule has 1 aliphatic rings. The van der Waals surface area contributed by atoms with E-state index in [2.05, 4.69) is 15.6 Å². The SMILES string of the molecule is CNC1c2c(cccc2OCC(C)(C)C(O)NC(C)C)N=C(C)C1CO. The van der Waals surface area contributed by atoms with Crippen molar-refractivity contribution >= 4 is 11.4 Å². The molecule has 0 saturated heterocycles. The molecule has 1 aliphatic heterocycles. The van der Waals surface area contributed by atoms with Crippen LogP contribution in [0.15, 0.2) is 23.2 Å². The van der Waals surface area contributed by atoms with E-state index in [1.165, 1.54) is 0 Å². The smallest absolute Gasteiger partial charge is 0.126 e. The highest BCUT2D eigenvalue weighted by Crippen LogP contribution is 2.42. The van der Waals surface area contributed by atoms with Gasteiger partial charge in [0.1, 0.15) is 12.0 Å². The second-order valence-corrected chi connectivity index (χ2v) is 8.00. The van der Waals surface area contributed by atoms with Crippen LogP contribution in [0.5, 0.6) is 5.75 Å². The monoisotopic (exact) mass is 363 g/mol. The van der Waals surface area contributed by atoms with E-state index in [0.717, 1.165) is 22.7 Å². The van der Waals surface area contributed by atoms with E-state index in [1.807, 2.05) is 59.9 Å². The van der Waals surface area contributed by atoms with Gasteiger partial charge in [0, 0.05) is 34.7 Å². The molecule has 0 amide bonds. The molecular weight excluding hydrogens is 330 g/mol. The molecule has 0 aliphatic carbocycles. The van der Waals surface area contributed by atoms with Crippen LogP contribution in [0.1, 0.15) is 46.2 Å². The zero-order valence-corrected chi connectivity index (χ0v) is 16.7. The molecule has 0 saturated carbocycles. The Morgan fingerprint density at radius 3 is 2.58 bits per heavy atom. The number of nitrogens with one attached hydrogen (secondary N) is 2. The summed E-state index contributed by atoms with van der Waals surface area (Å²) in [7, 11) is 1.88. The maximum absolute atomic E-state index is 10.4. The van der Waals surface area contributed by atoms with Gasteiger partial charge in [-0.05, 0) is 40.0 Å². The van der Waals surface area contributed by atoms with Crippen LogP contribution in [-0.4, -0.2) is 48.5 Å². The Balaban J connectivity index is 2.26. The largest absolute Gasteiger partial charge is 0.492 e. The van der Waals surface area contributed by atoms with Gasteiger partial charge in [-0.2, -0.15) is 0 Å². The van der Waals surface area contributed by atoms with Gasteiger partial charge in [-0.3, -0.25) is 10.3 Å². The molecule has 6 heteroatoms. The van der Waals surface area contributed by atoms with Gasteiger partial charge in [-0.1, -0.05) is 19.9 Å². The van der Waals surface area contributed by atoms with Crippen molar-refractivity contribution in [1.29, 1.82) is 0 Å². The molecule has 0 aromatic heterocycles. The van der Waals surface area contributed by atoms with Gasteiger partial charge in [-0.15, -0.1) is 0 Å². The predicted molar refractivity (Wildman–Crippen MR) is 105 cm³/mol. The van der Waals surface area contributed by atoms with Crippen LogP contribution in [0.3, 0.4) is 0 Å². The summed E-state index contributed by atoms with van der Waals surface area (Å²) in [4.78, 5) is 4.65. The standard InChI is InChI=1S/C20H33N3O3/c1-12(2)22-19(25)20(4,5)11-26-16-9-7-8-15-17(16)18(21-6)14(10-24)13(3)23-15/h7-9,12,14,18-19,21-22,24-25H,10-11H2,1-6H3. The topological polar surface area (TPSA) is 86.1 Å². The van der Waals surface area contributed by atoms with E-state index < -0.39 is 11.6 Å². The molecule has 4 N–H and O–H groups in total. The maximum atomic E-state index is 10.4. The van der Waals surface area contributed by atoms with Crippen molar-refractivity contribution in [2.45, 2.75) is 52.9 Å². The number of ether oxygens (including phenoxy) is 1. The summed E-state index contributed by atoms with van der Waals surface area (Å²) in [5.41, 5.74) is 2.27. The van der Waals surface area contributed by atoms with Gasteiger partial charge in [0.05, 0.1) is 18.9 Å². The zero-order valence-electron chi connectivity index (χ0n) is 16.7. The molecular formula is C20H33N3O3. The fourth-order valence-electron chi connectivity index (χ4n) is 3.25. The molecule has 0 spiro atoms. The van der Waals surface area contributed by atoms with E-state index in [1.54, 1.807) is 0 Å². The minimum absolute atomic E-state index is 0.0249. The molecule has 26 heavy (non-hydrogen) atoms. The lowest BCUT2D eigenvalue weighted by Gasteiger charge is -2.35. The summed E-state index contributed by atoms with van der Waals surface area (Å²) >= 11 is 0. The van der Waals surface area contributed by atoms with Crippen LogP contribution in [0.4, 0.5) is 5.69 Å². The van der Waals surface area contributed by atoms with Crippen LogP contribution in [-0.2, 0) is 0 Å². The molecule has 0 radical (unpaired) electrons. The molecule has 1 aromatic carbocycles. The van der Waals surface area contributed by atoms with Crippen LogP contribution < -0.4 is 15.4 Å². The molecule has 1 aromatic rings. The minimum atomic E-state index is -0.674. The molecule has 3 atom stereocenters. The first-order chi connectivity index (χ1) is 12.2. The van der Waals surface area contributed by atoms with Crippen molar-refractivity contribution in [2.75, 3.05) is 20.3 Å². The minimum Gasteiger partial charge on any atom is -0.492 e. The molecule has 3 unspecified atom stereocenters.